The van der Waals surface area contributed by atoms with Gasteiger partial charge in [-0.2, -0.15) is 13.2 Å². The van der Waals surface area contributed by atoms with Crippen LogP contribution in [0, 0.1) is 5.82 Å². The van der Waals surface area contributed by atoms with E-state index in [0.29, 0.717) is 33.8 Å². The number of carbonyl (C=O) groups is 2. The molecule has 0 spiro atoms. The Morgan fingerprint density at radius 3 is 2.02 bits per heavy atom. The number of aliphatic hydroxyl groups excluding tert-OH is 2. The van der Waals surface area contributed by atoms with Gasteiger partial charge in [-0.3, -0.25) is 9.59 Å². The highest BCUT2D eigenvalue weighted by Crippen LogP contribution is 2.43. The van der Waals surface area contributed by atoms with Gasteiger partial charge in [-0.05, 0) is 78.4 Å². The van der Waals surface area contributed by atoms with E-state index >= 15 is 0 Å². The first-order valence-corrected chi connectivity index (χ1v) is 14.4. The Morgan fingerprint density at radius 1 is 0.867 bits per heavy atom. The summed E-state index contributed by atoms with van der Waals surface area (Å²) in [6.45, 7) is 3.79. The number of aromatic nitrogens is 1. The number of benzene rings is 3. The van der Waals surface area contributed by atoms with Gasteiger partial charge >= 0.3 is 12.1 Å². The summed E-state index contributed by atoms with van der Waals surface area (Å²) in [5.74, 6) is -2.55. The van der Waals surface area contributed by atoms with Crippen molar-refractivity contribution in [2.24, 2.45) is 0 Å². The van der Waals surface area contributed by atoms with Gasteiger partial charge in [0.05, 0.1) is 35.4 Å². The minimum Gasteiger partial charge on any atom is -0.481 e. The van der Waals surface area contributed by atoms with Crippen molar-refractivity contribution in [3.05, 3.63) is 102 Å². The third-order valence-corrected chi connectivity index (χ3v) is 7.37. The van der Waals surface area contributed by atoms with Crippen molar-refractivity contribution in [2.45, 2.75) is 64.0 Å². The molecule has 4 rings (SSSR count). The number of anilines is 1. The van der Waals surface area contributed by atoms with E-state index in [0.717, 1.165) is 12.1 Å². The molecule has 2 atom stereocenters. The molecule has 0 aliphatic rings. The van der Waals surface area contributed by atoms with Crippen LogP contribution in [0.15, 0.2) is 78.9 Å². The lowest BCUT2D eigenvalue weighted by molar-refractivity contribution is -0.139. The van der Waals surface area contributed by atoms with Gasteiger partial charge in [0.15, 0.2) is 0 Å². The normalized spacial score (nSPS) is 13.1. The van der Waals surface area contributed by atoms with Crippen LogP contribution < -0.4 is 5.32 Å². The topological polar surface area (TPSA) is 112 Å². The van der Waals surface area contributed by atoms with Crippen LogP contribution in [0.1, 0.15) is 60.6 Å². The van der Waals surface area contributed by atoms with Gasteiger partial charge in [-0.15, -0.1) is 0 Å². The van der Waals surface area contributed by atoms with E-state index in [4.69, 9.17) is 5.11 Å². The molecular formula is C34H34F4N2O5. The molecule has 0 aliphatic heterocycles. The Morgan fingerprint density at radius 2 is 1.47 bits per heavy atom. The number of aliphatic carboxylic acids is 1. The second kappa shape index (κ2) is 14.1. The van der Waals surface area contributed by atoms with Crippen LogP contribution in [-0.4, -0.2) is 44.0 Å². The van der Waals surface area contributed by atoms with Gasteiger partial charge < -0.3 is 25.2 Å². The number of amides is 1. The molecule has 0 aliphatic carbocycles. The molecule has 0 saturated heterocycles. The lowest BCUT2D eigenvalue weighted by atomic mass is 9.93. The summed E-state index contributed by atoms with van der Waals surface area (Å²) in [7, 11) is 0. The van der Waals surface area contributed by atoms with E-state index in [9.17, 15) is 37.4 Å². The summed E-state index contributed by atoms with van der Waals surface area (Å²) in [6.07, 6.45) is -7.67. The third-order valence-electron chi connectivity index (χ3n) is 7.37. The van der Waals surface area contributed by atoms with E-state index in [2.05, 4.69) is 5.32 Å². The van der Waals surface area contributed by atoms with E-state index < -0.39 is 48.1 Å². The number of aliphatic hydroxyl groups is 2. The summed E-state index contributed by atoms with van der Waals surface area (Å²) in [6, 6.07) is 18.6. The number of carboxylic acids is 1. The monoisotopic (exact) mass is 626 g/mol. The predicted octanol–water partition coefficient (Wildman–Crippen LogP) is 7.33. The predicted molar refractivity (Wildman–Crippen MR) is 162 cm³/mol. The standard InChI is InChI=1S/C34H34F4N2O5/c1-20(2)31-30(33(45)39-25-6-4-3-5-7-25)29(21-8-12-23(13-9-21)34(36,37)38)32(22-10-14-24(35)15-11-22)40(31)17-16-26(41)18-27(42)19-28(43)44/h3-15,20,26-27,41-42H,16-19H2,1-2H3,(H,39,45)(H,43,44)/t26-,27-/m1/s1. The largest absolute Gasteiger partial charge is 0.481 e. The SMILES string of the molecule is CC(C)c1c(C(=O)Nc2ccccc2)c(-c2ccc(C(F)(F)F)cc2)c(-c2ccc(F)cc2)n1CC[C@@H](O)C[C@@H](O)CC(=O)O. The van der Waals surface area contributed by atoms with Crippen LogP contribution >= 0.6 is 0 Å². The minimum absolute atomic E-state index is 0.0471. The van der Waals surface area contributed by atoms with E-state index in [1.165, 1.54) is 36.4 Å². The third kappa shape index (κ3) is 8.17. The number of halogens is 4. The molecule has 3 aromatic carbocycles. The molecule has 0 saturated carbocycles. The van der Waals surface area contributed by atoms with Gasteiger partial charge in [-0.25, -0.2) is 4.39 Å². The Kier molecular flexibility index (Phi) is 10.5. The maximum absolute atomic E-state index is 14.1. The number of nitrogens with one attached hydrogen (secondary N) is 1. The summed E-state index contributed by atoms with van der Waals surface area (Å²) >= 11 is 0. The zero-order chi connectivity index (χ0) is 32.9. The van der Waals surface area contributed by atoms with E-state index in [1.807, 2.05) is 13.8 Å². The molecule has 1 amide bonds. The zero-order valence-electron chi connectivity index (χ0n) is 24.7. The van der Waals surface area contributed by atoms with Crippen molar-refractivity contribution in [3.8, 4) is 22.4 Å². The molecule has 1 aromatic heterocycles. The maximum Gasteiger partial charge on any atom is 0.416 e. The fraction of sp³-hybridized carbons (Fsp3) is 0.294. The average Bonchev–Trinajstić information content (AvgIpc) is 3.32. The van der Waals surface area contributed by atoms with Crippen molar-refractivity contribution < 1.29 is 42.5 Å². The highest BCUT2D eigenvalue weighted by molar-refractivity contribution is 6.12. The summed E-state index contributed by atoms with van der Waals surface area (Å²) in [5.41, 5.74) is 1.91. The minimum atomic E-state index is -4.58. The van der Waals surface area contributed by atoms with Crippen molar-refractivity contribution >= 4 is 17.6 Å². The Bertz CT molecular complexity index is 1620. The summed E-state index contributed by atoms with van der Waals surface area (Å²) < 4.78 is 56.3. The second-order valence-corrected chi connectivity index (χ2v) is 11.1. The summed E-state index contributed by atoms with van der Waals surface area (Å²) in [5, 5.41) is 32.6. The van der Waals surface area contributed by atoms with E-state index in [-0.39, 0.29) is 30.9 Å². The number of alkyl halides is 3. The quantitative estimate of drug-likeness (QED) is 0.123. The number of carbonyl (C=O) groups excluding carboxylic acids is 1. The highest BCUT2D eigenvalue weighted by atomic mass is 19.4. The fourth-order valence-corrected chi connectivity index (χ4v) is 5.42. The average molecular weight is 627 g/mol. The molecule has 0 radical (unpaired) electrons. The Balaban J connectivity index is 1.94. The molecule has 45 heavy (non-hydrogen) atoms. The number of nitrogens with zero attached hydrogens (tertiary/aromatic N) is 1. The first kappa shape index (κ1) is 33.4. The molecule has 1 heterocycles. The molecular weight excluding hydrogens is 592 g/mol. The van der Waals surface area contributed by atoms with Crippen LogP contribution in [0.2, 0.25) is 0 Å². The van der Waals surface area contributed by atoms with Gasteiger partial charge in [0.25, 0.3) is 5.91 Å². The van der Waals surface area contributed by atoms with Crippen LogP contribution in [0.4, 0.5) is 23.2 Å². The maximum atomic E-state index is 14.1. The Hall–Kier alpha value is -4.48. The van der Waals surface area contributed by atoms with Gasteiger partial charge in [0.1, 0.15) is 5.82 Å². The fourth-order valence-electron chi connectivity index (χ4n) is 5.42. The Labute approximate surface area is 257 Å². The lowest BCUT2D eigenvalue weighted by Crippen LogP contribution is -2.22. The molecule has 0 fully saturated rings. The van der Waals surface area contributed by atoms with Gasteiger partial charge in [0.2, 0.25) is 0 Å². The molecule has 11 heteroatoms. The van der Waals surface area contributed by atoms with Gasteiger partial charge in [-0.1, -0.05) is 44.2 Å². The summed E-state index contributed by atoms with van der Waals surface area (Å²) in [4.78, 5) is 25.1. The first-order valence-electron chi connectivity index (χ1n) is 14.4. The smallest absolute Gasteiger partial charge is 0.416 e. The molecule has 7 nitrogen and oxygen atoms in total. The molecule has 0 bridgehead atoms. The lowest BCUT2D eigenvalue weighted by Gasteiger charge is -2.20. The molecule has 0 unspecified atom stereocenters. The van der Waals surface area contributed by atoms with Crippen LogP contribution in [0.25, 0.3) is 22.4 Å². The number of para-hydroxylation sites is 1. The zero-order valence-corrected chi connectivity index (χ0v) is 24.7. The number of hydrogen-bond donors (Lipinski definition) is 4. The van der Waals surface area contributed by atoms with Crippen molar-refractivity contribution in [1.82, 2.24) is 4.57 Å². The van der Waals surface area contributed by atoms with Crippen LogP contribution in [0.3, 0.4) is 0 Å². The molecule has 238 valence electrons. The van der Waals surface area contributed by atoms with Crippen molar-refractivity contribution in [2.75, 3.05) is 5.32 Å². The van der Waals surface area contributed by atoms with Crippen molar-refractivity contribution in [1.29, 1.82) is 0 Å². The van der Waals surface area contributed by atoms with E-state index in [1.54, 1.807) is 34.9 Å². The molecule has 4 N–H and O–H groups in total. The van der Waals surface area contributed by atoms with Crippen LogP contribution in [-0.2, 0) is 17.5 Å². The number of carboxylic acid groups (broad SMARTS) is 1. The number of rotatable bonds is 12. The second-order valence-electron chi connectivity index (χ2n) is 11.1. The first-order chi connectivity index (χ1) is 21.3. The van der Waals surface area contributed by atoms with Crippen LogP contribution in [0.5, 0.6) is 0 Å². The molecule has 4 aromatic rings. The van der Waals surface area contributed by atoms with Gasteiger partial charge in [0, 0.05) is 23.5 Å². The highest BCUT2D eigenvalue weighted by Gasteiger charge is 2.33. The van der Waals surface area contributed by atoms with Crippen molar-refractivity contribution in [3.63, 3.8) is 0 Å². The number of hydrogen-bond acceptors (Lipinski definition) is 4.